The van der Waals surface area contributed by atoms with Gasteiger partial charge in [0.2, 0.25) is 0 Å². The van der Waals surface area contributed by atoms with Crippen LogP contribution in [0.25, 0.3) is 0 Å². The van der Waals surface area contributed by atoms with Gasteiger partial charge in [-0.05, 0) is 39.0 Å². The zero-order valence-corrected chi connectivity index (χ0v) is 12.6. The predicted molar refractivity (Wildman–Crippen MR) is 79.7 cm³/mol. The summed E-state index contributed by atoms with van der Waals surface area (Å²) in [6.07, 6.45) is 0. The number of amides is 2. The normalized spacial score (nSPS) is 11.1. The van der Waals surface area contributed by atoms with Crippen molar-refractivity contribution in [3.8, 4) is 0 Å². The summed E-state index contributed by atoms with van der Waals surface area (Å²) in [5, 5.41) is 2.84. The first kappa shape index (κ1) is 16.2. The molecule has 110 valence electrons. The van der Waals surface area contributed by atoms with Crippen LogP contribution in [-0.2, 0) is 0 Å². The SMILES string of the molecule is CCN(C)C(=O)c1cccc(C(=O)NC(C)(C)CN)c1. The zero-order valence-electron chi connectivity index (χ0n) is 12.6. The molecule has 0 aromatic heterocycles. The average Bonchev–Trinajstić information content (AvgIpc) is 2.45. The highest BCUT2D eigenvalue weighted by molar-refractivity contribution is 5.99. The molecule has 1 aromatic carbocycles. The Kier molecular flexibility index (Phi) is 5.27. The van der Waals surface area contributed by atoms with Crippen LogP contribution in [0.15, 0.2) is 24.3 Å². The molecule has 5 heteroatoms. The number of nitrogens with one attached hydrogen (secondary N) is 1. The summed E-state index contributed by atoms with van der Waals surface area (Å²) in [5.74, 6) is -0.325. The van der Waals surface area contributed by atoms with Crippen LogP contribution in [0.2, 0.25) is 0 Å². The van der Waals surface area contributed by atoms with E-state index in [1.807, 2.05) is 20.8 Å². The summed E-state index contributed by atoms with van der Waals surface area (Å²) in [4.78, 5) is 25.8. The molecule has 0 unspecified atom stereocenters. The highest BCUT2D eigenvalue weighted by Crippen LogP contribution is 2.09. The van der Waals surface area contributed by atoms with Gasteiger partial charge in [-0.3, -0.25) is 9.59 Å². The number of nitrogens with zero attached hydrogens (tertiary/aromatic N) is 1. The van der Waals surface area contributed by atoms with Crippen molar-refractivity contribution in [3.63, 3.8) is 0 Å². The number of carbonyl (C=O) groups is 2. The summed E-state index contributed by atoms with van der Waals surface area (Å²) in [6, 6.07) is 6.71. The number of benzene rings is 1. The Morgan fingerprint density at radius 3 is 2.45 bits per heavy atom. The average molecular weight is 277 g/mol. The maximum Gasteiger partial charge on any atom is 0.253 e. The summed E-state index contributed by atoms with van der Waals surface area (Å²) in [6.45, 7) is 6.57. The predicted octanol–water partition coefficient (Wildman–Crippen LogP) is 1.25. The lowest BCUT2D eigenvalue weighted by Gasteiger charge is -2.24. The Balaban J connectivity index is 2.93. The van der Waals surface area contributed by atoms with Gasteiger partial charge in [0.25, 0.3) is 11.8 Å². The molecule has 1 rings (SSSR count). The van der Waals surface area contributed by atoms with Crippen molar-refractivity contribution in [3.05, 3.63) is 35.4 Å². The second kappa shape index (κ2) is 6.52. The van der Waals surface area contributed by atoms with E-state index in [2.05, 4.69) is 5.32 Å². The highest BCUT2D eigenvalue weighted by atomic mass is 16.2. The summed E-state index contributed by atoms with van der Waals surface area (Å²) < 4.78 is 0. The van der Waals surface area contributed by atoms with Gasteiger partial charge >= 0.3 is 0 Å². The maximum atomic E-state index is 12.1. The fourth-order valence-electron chi connectivity index (χ4n) is 1.59. The van der Waals surface area contributed by atoms with Crippen molar-refractivity contribution in [2.45, 2.75) is 26.3 Å². The first-order chi connectivity index (χ1) is 9.30. The molecule has 0 bridgehead atoms. The van der Waals surface area contributed by atoms with Crippen LogP contribution in [0.1, 0.15) is 41.5 Å². The van der Waals surface area contributed by atoms with Crippen LogP contribution in [0.4, 0.5) is 0 Å². The molecule has 0 atom stereocenters. The Morgan fingerprint density at radius 1 is 1.30 bits per heavy atom. The topological polar surface area (TPSA) is 75.4 Å². The maximum absolute atomic E-state index is 12.1. The third kappa shape index (κ3) is 4.06. The molecule has 0 fully saturated rings. The molecular formula is C15H23N3O2. The molecule has 0 radical (unpaired) electrons. The van der Waals surface area contributed by atoms with Gasteiger partial charge in [-0.15, -0.1) is 0 Å². The summed E-state index contributed by atoms with van der Waals surface area (Å²) in [5.41, 5.74) is 6.09. The van der Waals surface area contributed by atoms with Crippen molar-refractivity contribution in [2.75, 3.05) is 20.1 Å². The van der Waals surface area contributed by atoms with Crippen molar-refractivity contribution in [2.24, 2.45) is 5.73 Å². The van der Waals surface area contributed by atoms with Gasteiger partial charge in [0.1, 0.15) is 0 Å². The van der Waals surface area contributed by atoms with Crippen molar-refractivity contribution in [1.29, 1.82) is 0 Å². The van der Waals surface area contributed by atoms with Gasteiger partial charge in [-0.2, -0.15) is 0 Å². The number of hydrogen-bond acceptors (Lipinski definition) is 3. The third-order valence-electron chi connectivity index (χ3n) is 3.15. The van der Waals surface area contributed by atoms with Crippen molar-refractivity contribution in [1.82, 2.24) is 10.2 Å². The first-order valence-corrected chi connectivity index (χ1v) is 6.69. The minimum Gasteiger partial charge on any atom is -0.346 e. The van der Waals surface area contributed by atoms with E-state index in [9.17, 15) is 9.59 Å². The Morgan fingerprint density at radius 2 is 1.90 bits per heavy atom. The van der Waals surface area contributed by atoms with Crippen LogP contribution < -0.4 is 11.1 Å². The molecule has 2 amide bonds. The third-order valence-corrected chi connectivity index (χ3v) is 3.15. The van der Waals surface area contributed by atoms with E-state index in [1.165, 1.54) is 0 Å². The molecule has 0 spiro atoms. The van der Waals surface area contributed by atoms with Gasteiger partial charge in [0.05, 0.1) is 0 Å². The van der Waals surface area contributed by atoms with Crippen LogP contribution in [0.5, 0.6) is 0 Å². The van der Waals surface area contributed by atoms with Gasteiger partial charge < -0.3 is 16.0 Å². The lowest BCUT2D eigenvalue weighted by molar-refractivity contribution is 0.0802. The largest absolute Gasteiger partial charge is 0.346 e. The smallest absolute Gasteiger partial charge is 0.253 e. The van der Waals surface area contributed by atoms with Gasteiger partial charge in [-0.25, -0.2) is 0 Å². The van der Waals surface area contributed by atoms with Gasteiger partial charge in [0, 0.05) is 36.8 Å². The molecule has 1 aromatic rings. The van der Waals surface area contributed by atoms with Crippen molar-refractivity contribution < 1.29 is 9.59 Å². The number of nitrogens with two attached hydrogens (primary N) is 1. The molecule has 0 saturated carbocycles. The molecule has 0 aliphatic heterocycles. The van der Waals surface area contributed by atoms with E-state index in [1.54, 1.807) is 36.2 Å². The fraction of sp³-hybridized carbons (Fsp3) is 0.467. The summed E-state index contributed by atoms with van der Waals surface area (Å²) >= 11 is 0. The molecule has 0 aliphatic carbocycles. The monoisotopic (exact) mass is 277 g/mol. The quantitative estimate of drug-likeness (QED) is 0.850. The van der Waals surface area contributed by atoms with Crippen molar-refractivity contribution >= 4 is 11.8 Å². The molecule has 0 heterocycles. The van der Waals surface area contributed by atoms with Gasteiger partial charge in [0.15, 0.2) is 0 Å². The molecule has 0 saturated heterocycles. The van der Waals surface area contributed by atoms with Crippen LogP contribution in [-0.4, -0.2) is 42.4 Å². The number of carbonyl (C=O) groups excluding carboxylic acids is 2. The molecule has 0 aliphatic rings. The minimum absolute atomic E-state index is 0.0970. The van der Waals surface area contributed by atoms with Crippen LogP contribution >= 0.6 is 0 Å². The second-order valence-corrected chi connectivity index (χ2v) is 5.44. The lowest BCUT2D eigenvalue weighted by atomic mass is 10.0. The van der Waals surface area contributed by atoms with E-state index in [0.717, 1.165) is 0 Å². The summed E-state index contributed by atoms with van der Waals surface area (Å²) in [7, 11) is 1.73. The van der Waals surface area contributed by atoms with Crippen LogP contribution in [0, 0.1) is 0 Å². The molecule has 5 nitrogen and oxygen atoms in total. The molecular weight excluding hydrogens is 254 g/mol. The second-order valence-electron chi connectivity index (χ2n) is 5.44. The zero-order chi connectivity index (χ0) is 15.3. The van der Waals surface area contributed by atoms with E-state index < -0.39 is 5.54 Å². The Hall–Kier alpha value is -1.88. The standard InChI is InChI=1S/C15H23N3O2/c1-5-18(4)14(20)12-8-6-7-11(9-12)13(19)17-15(2,3)10-16/h6-9H,5,10,16H2,1-4H3,(H,17,19). The van der Waals surface area contributed by atoms with Gasteiger partial charge in [-0.1, -0.05) is 6.07 Å². The molecule has 20 heavy (non-hydrogen) atoms. The number of hydrogen-bond donors (Lipinski definition) is 2. The first-order valence-electron chi connectivity index (χ1n) is 6.69. The van der Waals surface area contributed by atoms with E-state index in [-0.39, 0.29) is 11.8 Å². The highest BCUT2D eigenvalue weighted by Gasteiger charge is 2.20. The van der Waals surface area contributed by atoms with E-state index >= 15 is 0 Å². The Labute approximate surface area is 120 Å². The molecule has 3 N–H and O–H groups in total. The van der Waals surface area contributed by atoms with E-state index in [0.29, 0.717) is 24.2 Å². The number of rotatable bonds is 5. The lowest BCUT2D eigenvalue weighted by Crippen LogP contribution is -2.48. The van der Waals surface area contributed by atoms with Crippen LogP contribution in [0.3, 0.4) is 0 Å². The Bertz CT molecular complexity index is 498. The van der Waals surface area contributed by atoms with E-state index in [4.69, 9.17) is 5.73 Å². The fourth-order valence-corrected chi connectivity index (χ4v) is 1.59. The minimum atomic E-state index is -0.475.